The molecule has 1 aliphatic rings. The second-order valence-corrected chi connectivity index (χ2v) is 7.87. The Hall–Kier alpha value is -3.19. The number of hydrogen-bond donors (Lipinski definition) is 2. The summed E-state index contributed by atoms with van der Waals surface area (Å²) in [5.41, 5.74) is 3.18. The minimum Gasteiger partial charge on any atom is -0.454 e. The van der Waals surface area contributed by atoms with Crippen LogP contribution in [0.2, 0.25) is 0 Å². The van der Waals surface area contributed by atoms with Gasteiger partial charge in [-0.3, -0.25) is 4.72 Å². The molecule has 0 aromatic heterocycles. The minimum absolute atomic E-state index is 0.231. The first-order valence-corrected chi connectivity index (χ1v) is 9.84. The SMILES string of the molecule is Cc1ccc(S(=O)(=O)Nc2ccc(Nc3ccc4c(c3)OCO4)cc2)cc1. The largest absolute Gasteiger partial charge is 0.454 e. The normalized spacial score (nSPS) is 12.6. The van der Waals surface area contributed by atoms with Crippen molar-refractivity contribution in [3.8, 4) is 11.5 Å². The van der Waals surface area contributed by atoms with Crippen LogP contribution in [0.3, 0.4) is 0 Å². The van der Waals surface area contributed by atoms with Gasteiger partial charge in [-0.1, -0.05) is 17.7 Å². The zero-order valence-corrected chi connectivity index (χ0v) is 15.4. The zero-order valence-electron chi connectivity index (χ0n) is 14.6. The highest BCUT2D eigenvalue weighted by molar-refractivity contribution is 7.92. The van der Waals surface area contributed by atoms with E-state index in [2.05, 4.69) is 10.0 Å². The van der Waals surface area contributed by atoms with Gasteiger partial charge in [0.1, 0.15) is 0 Å². The predicted molar refractivity (Wildman–Crippen MR) is 104 cm³/mol. The van der Waals surface area contributed by atoms with E-state index in [-0.39, 0.29) is 11.7 Å². The number of rotatable bonds is 5. The number of ether oxygens (including phenoxy) is 2. The molecule has 7 heteroatoms. The molecule has 1 heterocycles. The van der Waals surface area contributed by atoms with Gasteiger partial charge in [0, 0.05) is 23.1 Å². The van der Waals surface area contributed by atoms with Crippen molar-refractivity contribution in [3.63, 3.8) is 0 Å². The Labute approximate surface area is 157 Å². The average Bonchev–Trinajstić information content (AvgIpc) is 3.11. The summed E-state index contributed by atoms with van der Waals surface area (Å²) in [4.78, 5) is 0.232. The van der Waals surface area contributed by atoms with E-state index >= 15 is 0 Å². The molecule has 0 unspecified atom stereocenters. The lowest BCUT2D eigenvalue weighted by molar-refractivity contribution is 0.174. The van der Waals surface area contributed by atoms with Gasteiger partial charge < -0.3 is 14.8 Å². The van der Waals surface area contributed by atoms with E-state index in [9.17, 15) is 8.42 Å². The van der Waals surface area contributed by atoms with E-state index in [4.69, 9.17) is 9.47 Å². The van der Waals surface area contributed by atoms with E-state index < -0.39 is 10.0 Å². The molecule has 2 N–H and O–H groups in total. The summed E-state index contributed by atoms with van der Waals surface area (Å²) in [6, 6.07) is 19.3. The van der Waals surface area contributed by atoms with Crippen LogP contribution in [0.5, 0.6) is 11.5 Å². The van der Waals surface area contributed by atoms with Gasteiger partial charge in [-0.2, -0.15) is 0 Å². The Kier molecular flexibility index (Phi) is 4.37. The second kappa shape index (κ2) is 6.85. The number of nitrogens with one attached hydrogen (secondary N) is 2. The molecular formula is C20H18N2O4S. The first kappa shape index (κ1) is 17.2. The van der Waals surface area contributed by atoms with Crippen LogP contribution in [0.25, 0.3) is 0 Å². The molecule has 0 saturated heterocycles. The van der Waals surface area contributed by atoms with Crippen molar-refractivity contribution in [2.75, 3.05) is 16.8 Å². The smallest absolute Gasteiger partial charge is 0.261 e. The van der Waals surface area contributed by atoms with Crippen molar-refractivity contribution in [1.29, 1.82) is 0 Å². The number of fused-ring (bicyclic) bond motifs is 1. The van der Waals surface area contributed by atoms with Gasteiger partial charge >= 0.3 is 0 Å². The Bertz CT molecular complexity index is 1060. The van der Waals surface area contributed by atoms with Crippen LogP contribution in [-0.2, 0) is 10.0 Å². The van der Waals surface area contributed by atoms with Crippen LogP contribution in [0.1, 0.15) is 5.56 Å². The van der Waals surface area contributed by atoms with Crippen LogP contribution < -0.4 is 19.5 Å². The van der Waals surface area contributed by atoms with Crippen molar-refractivity contribution >= 4 is 27.1 Å². The molecule has 0 fully saturated rings. The summed E-state index contributed by atoms with van der Waals surface area (Å²) in [6.07, 6.45) is 0. The van der Waals surface area contributed by atoms with E-state index in [0.29, 0.717) is 11.4 Å². The molecule has 3 aromatic carbocycles. The lowest BCUT2D eigenvalue weighted by atomic mass is 10.2. The van der Waals surface area contributed by atoms with Crippen molar-refractivity contribution in [2.24, 2.45) is 0 Å². The Balaban J connectivity index is 1.46. The molecule has 3 aromatic rings. The standard InChI is InChI=1S/C20H18N2O4S/c1-14-2-9-18(10-3-14)27(23,24)22-16-6-4-15(5-7-16)21-17-8-11-19-20(12-17)26-13-25-19/h2-12,21-22H,13H2,1H3. The Morgan fingerprint density at radius 1 is 0.778 bits per heavy atom. The van der Waals surface area contributed by atoms with E-state index in [1.807, 2.05) is 25.1 Å². The summed E-state index contributed by atoms with van der Waals surface area (Å²) in [7, 11) is -3.61. The molecule has 0 radical (unpaired) electrons. The van der Waals surface area contributed by atoms with Crippen LogP contribution in [0.4, 0.5) is 17.1 Å². The predicted octanol–water partition coefficient (Wildman–Crippen LogP) is 4.27. The van der Waals surface area contributed by atoms with Crippen molar-refractivity contribution in [3.05, 3.63) is 72.3 Å². The van der Waals surface area contributed by atoms with Crippen LogP contribution >= 0.6 is 0 Å². The lowest BCUT2D eigenvalue weighted by Gasteiger charge is -2.11. The minimum atomic E-state index is -3.61. The quantitative estimate of drug-likeness (QED) is 0.689. The maximum atomic E-state index is 12.4. The molecule has 0 amide bonds. The molecule has 6 nitrogen and oxygen atoms in total. The zero-order chi connectivity index (χ0) is 18.9. The van der Waals surface area contributed by atoms with Crippen LogP contribution in [-0.4, -0.2) is 15.2 Å². The number of hydrogen-bond acceptors (Lipinski definition) is 5. The van der Waals surface area contributed by atoms with Gasteiger partial charge in [-0.15, -0.1) is 0 Å². The second-order valence-electron chi connectivity index (χ2n) is 6.19. The highest BCUT2D eigenvalue weighted by Crippen LogP contribution is 2.35. The maximum Gasteiger partial charge on any atom is 0.261 e. The number of benzene rings is 3. The van der Waals surface area contributed by atoms with Gasteiger partial charge in [-0.05, 0) is 55.5 Å². The van der Waals surface area contributed by atoms with Gasteiger partial charge in [0.15, 0.2) is 11.5 Å². The van der Waals surface area contributed by atoms with Gasteiger partial charge in [0.05, 0.1) is 4.90 Å². The monoisotopic (exact) mass is 382 g/mol. The summed E-state index contributed by atoms with van der Waals surface area (Å²) in [5, 5.41) is 3.25. The highest BCUT2D eigenvalue weighted by atomic mass is 32.2. The molecule has 4 rings (SSSR count). The maximum absolute atomic E-state index is 12.4. The first-order valence-electron chi connectivity index (χ1n) is 8.36. The van der Waals surface area contributed by atoms with Crippen molar-refractivity contribution in [1.82, 2.24) is 0 Å². The van der Waals surface area contributed by atoms with Crippen molar-refractivity contribution in [2.45, 2.75) is 11.8 Å². The van der Waals surface area contributed by atoms with Crippen LogP contribution in [0.15, 0.2) is 71.6 Å². The molecule has 0 spiro atoms. The van der Waals surface area contributed by atoms with Gasteiger partial charge in [0.2, 0.25) is 6.79 Å². The third-order valence-corrected chi connectivity index (χ3v) is 5.53. The number of sulfonamides is 1. The summed E-state index contributed by atoms with van der Waals surface area (Å²) in [5.74, 6) is 1.42. The van der Waals surface area contributed by atoms with E-state index in [1.54, 1.807) is 48.5 Å². The molecule has 0 bridgehead atoms. The Morgan fingerprint density at radius 3 is 2.15 bits per heavy atom. The third kappa shape index (κ3) is 3.83. The molecule has 1 aliphatic heterocycles. The van der Waals surface area contributed by atoms with Crippen molar-refractivity contribution < 1.29 is 17.9 Å². The summed E-state index contributed by atoms with van der Waals surface area (Å²) < 4.78 is 38.1. The average molecular weight is 382 g/mol. The van der Waals surface area contributed by atoms with Crippen LogP contribution in [0, 0.1) is 6.92 Å². The molecule has 27 heavy (non-hydrogen) atoms. The fourth-order valence-electron chi connectivity index (χ4n) is 2.69. The summed E-state index contributed by atoms with van der Waals surface area (Å²) in [6.45, 7) is 2.14. The van der Waals surface area contributed by atoms with E-state index in [1.165, 1.54) is 0 Å². The number of aryl methyl sites for hydroxylation is 1. The summed E-state index contributed by atoms with van der Waals surface area (Å²) >= 11 is 0. The molecule has 138 valence electrons. The van der Waals surface area contributed by atoms with E-state index in [0.717, 1.165) is 22.7 Å². The fourth-order valence-corrected chi connectivity index (χ4v) is 3.75. The molecule has 0 aliphatic carbocycles. The number of anilines is 3. The van der Waals surface area contributed by atoms with Gasteiger partial charge in [0.25, 0.3) is 10.0 Å². The topological polar surface area (TPSA) is 76.7 Å². The highest BCUT2D eigenvalue weighted by Gasteiger charge is 2.15. The first-order chi connectivity index (χ1) is 13.0. The molecule has 0 atom stereocenters. The molecular weight excluding hydrogens is 364 g/mol. The lowest BCUT2D eigenvalue weighted by Crippen LogP contribution is -2.12. The Morgan fingerprint density at radius 2 is 1.41 bits per heavy atom. The molecule has 0 saturated carbocycles. The fraction of sp³-hybridized carbons (Fsp3) is 0.100. The van der Waals surface area contributed by atoms with Gasteiger partial charge in [-0.25, -0.2) is 8.42 Å². The third-order valence-electron chi connectivity index (χ3n) is 4.13.